The molecule has 0 bridgehead atoms. The van der Waals surface area contributed by atoms with E-state index >= 15 is 0 Å². The summed E-state index contributed by atoms with van der Waals surface area (Å²) in [4.78, 5) is 18.0. The molecule has 0 spiro atoms. The molecule has 174 valence electrons. The smallest absolute Gasteiger partial charge is 0.243 e. The Morgan fingerprint density at radius 1 is 1.03 bits per heavy atom. The van der Waals surface area contributed by atoms with E-state index in [1.165, 1.54) is 22.1 Å². The Labute approximate surface area is 197 Å². The minimum Gasteiger partial charge on any atom is -0.486 e. The number of sulfonamides is 1. The van der Waals surface area contributed by atoms with Gasteiger partial charge in [-0.15, -0.1) is 0 Å². The number of amides is 1. The summed E-state index contributed by atoms with van der Waals surface area (Å²) >= 11 is 1.53. The topological polar surface area (TPSA) is 97.3 Å². The van der Waals surface area contributed by atoms with Gasteiger partial charge in [0.15, 0.2) is 16.7 Å². The molecule has 3 aliphatic heterocycles. The number of nitrogens with one attached hydrogen (secondary N) is 1. The van der Waals surface area contributed by atoms with Crippen molar-refractivity contribution in [2.75, 3.05) is 38.6 Å². The lowest BCUT2D eigenvalue weighted by Gasteiger charge is -2.40. The number of rotatable bonds is 4. The number of hydrogen-bond donors (Lipinski definition) is 1. The van der Waals surface area contributed by atoms with Gasteiger partial charge in [0.2, 0.25) is 15.9 Å². The van der Waals surface area contributed by atoms with Crippen LogP contribution in [-0.2, 0) is 20.2 Å². The van der Waals surface area contributed by atoms with Crippen LogP contribution in [0.4, 0.5) is 0 Å². The number of hydrogen-bond acceptors (Lipinski definition) is 7. The normalized spacial score (nSPS) is 20.2. The second-order valence-electron chi connectivity index (χ2n) is 8.15. The van der Waals surface area contributed by atoms with Gasteiger partial charge in [-0.05, 0) is 30.5 Å². The van der Waals surface area contributed by atoms with E-state index in [1.54, 1.807) is 12.1 Å². The number of aliphatic imine (C=N–C) groups is 1. The second kappa shape index (κ2) is 9.00. The first kappa shape index (κ1) is 22.2. The average Bonchev–Trinajstić information content (AvgIpc) is 3.37. The number of thioether (sulfide) groups is 1. The van der Waals surface area contributed by atoms with Gasteiger partial charge in [-0.25, -0.2) is 8.42 Å². The first-order chi connectivity index (χ1) is 16.0. The van der Waals surface area contributed by atoms with Crippen molar-refractivity contribution in [1.29, 1.82) is 0 Å². The molecule has 0 atom stereocenters. The lowest BCUT2D eigenvalue weighted by atomic mass is 9.72. The van der Waals surface area contributed by atoms with Crippen LogP contribution in [0.15, 0.2) is 58.4 Å². The van der Waals surface area contributed by atoms with Crippen molar-refractivity contribution in [2.24, 2.45) is 4.99 Å². The van der Waals surface area contributed by atoms with E-state index in [-0.39, 0.29) is 23.9 Å². The molecule has 0 saturated carbocycles. The minimum absolute atomic E-state index is 0.127. The summed E-state index contributed by atoms with van der Waals surface area (Å²) in [6.07, 6.45) is 0.759. The summed E-state index contributed by atoms with van der Waals surface area (Å²) in [5, 5.41) is 3.62. The second-order valence-corrected chi connectivity index (χ2v) is 11.2. The highest BCUT2D eigenvalue weighted by molar-refractivity contribution is 8.14. The summed E-state index contributed by atoms with van der Waals surface area (Å²) in [6, 6.07) is 14.3. The highest BCUT2D eigenvalue weighted by atomic mass is 32.2. The molecule has 0 unspecified atom stereocenters. The Hall–Kier alpha value is -2.56. The molecule has 0 aliphatic carbocycles. The highest BCUT2D eigenvalue weighted by Gasteiger charge is 2.45. The standard InChI is InChI=1S/C23H25N3O5S2/c27-21(25-22-24-10-15-32-22)23(17-4-2-1-3-5-17)8-11-26(12-9-23)33(28,29)18-6-7-19-20(16-18)31-14-13-30-19/h1-7,16H,8-15H2,(H,24,25,27). The van der Waals surface area contributed by atoms with Crippen molar-refractivity contribution in [3.63, 3.8) is 0 Å². The van der Waals surface area contributed by atoms with Gasteiger partial charge < -0.3 is 14.8 Å². The number of carbonyl (C=O) groups excluding carboxylic acids is 1. The number of ether oxygens (including phenoxy) is 2. The van der Waals surface area contributed by atoms with Gasteiger partial charge >= 0.3 is 0 Å². The van der Waals surface area contributed by atoms with Crippen molar-refractivity contribution in [3.8, 4) is 11.5 Å². The first-order valence-electron chi connectivity index (χ1n) is 10.9. The van der Waals surface area contributed by atoms with Crippen molar-refractivity contribution >= 4 is 32.9 Å². The van der Waals surface area contributed by atoms with Crippen molar-refractivity contribution in [2.45, 2.75) is 23.2 Å². The zero-order valence-corrected chi connectivity index (χ0v) is 19.7. The van der Waals surface area contributed by atoms with E-state index in [0.717, 1.165) is 11.3 Å². The Balaban J connectivity index is 1.39. The summed E-state index contributed by atoms with van der Waals surface area (Å²) in [6.45, 7) is 2.00. The van der Waals surface area contributed by atoms with E-state index in [1.807, 2.05) is 30.3 Å². The fourth-order valence-corrected chi connectivity index (χ4v) is 6.65. The van der Waals surface area contributed by atoms with Gasteiger partial charge in [-0.3, -0.25) is 9.79 Å². The minimum atomic E-state index is -3.74. The van der Waals surface area contributed by atoms with Gasteiger partial charge in [0, 0.05) is 24.9 Å². The van der Waals surface area contributed by atoms with E-state index in [9.17, 15) is 13.2 Å². The van der Waals surface area contributed by atoms with Crippen LogP contribution in [0, 0.1) is 0 Å². The van der Waals surface area contributed by atoms with Crippen LogP contribution in [0.25, 0.3) is 0 Å². The molecule has 1 saturated heterocycles. The summed E-state index contributed by atoms with van der Waals surface area (Å²) in [5.41, 5.74) is 0.0774. The largest absolute Gasteiger partial charge is 0.486 e. The van der Waals surface area contributed by atoms with Crippen LogP contribution in [0.2, 0.25) is 0 Å². The molecule has 33 heavy (non-hydrogen) atoms. The molecular formula is C23H25N3O5S2. The van der Waals surface area contributed by atoms with Crippen LogP contribution < -0.4 is 14.8 Å². The zero-order valence-electron chi connectivity index (χ0n) is 18.0. The first-order valence-corrected chi connectivity index (χ1v) is 13.4. The maximum absolute atomic E-state index is 13.5. The molecule has 8 nitrogen and oxygen atoms in total. The van der Waals surface area contributed by atoms with Crippen LogP contribution in [0.1, 0.15) is 18.4 Å². The molecule has 0 aromatic heterocycles. The van der Waals surface area contributed by atoms with Crippen LogP contribution in [-0.4, -0.2) is 62.4 Å². The summed E-state index contributed by atoms with van der Waals surface area (Å²) in [5.74, 6) is 1.71. The third-order valence-corrected chi connectivity index (χ3v) is 9.08. The SMILES string of the molecule is O=C(NC1=NCCS1)C1(c2ccccc2)CCN(S(=O)(=O)c2ccc3c(c2)OCCO3)CC1. The van der Waals surface area contributed by atoms with Gasteiger partial charge in [-0.2, -0.15) is 4.31 Å². The predicted octanol–water partition coefficient (Wildman–Crippen LogP) is 2.40. The predicted molar refractivity (Wildman–Crippen MR) is 126 cm³/mol. The molecule has 1 N–H and O–H groups in total. The fourth-order valence-electron chi connectivity index (χ4n) is 4.47. The number of piperidine rings is 1. The van der Waals surface area contributed by atoms with Gasteiger partial charge in [0.25, 0.3) is 0 Å². The molecule has 1 fully saturated rings. The van der Waals surface area contributed by atoms with Gasteiger partial charge in [0.05, 0.1) is 16.9 Å². The number of nitrogens with zero attached hydrogens (tertiary/aromatic N) is 2. The number of carbonyl (C=O) groups is 1. The van der Waals surface area contributed by atoms with Crippen LogP contribution in [0.3, 0.4) is 0 Å². The lowest BCUT2D eigenvalue weighted by molar-refractivity contribution is -0.126. The maximum atomic E-state index is 13.5. The third-order valence-electron chi connectivity index (χ3n) is 6.29. The summed E-state index contributed by atoms with van der Waals surface area (Å²) < 4.78 is 39.3. The molecule has 3 heterocycles. The molecule has 5 rings (SSSR count). The number of benzene rings is 2. The molecule has 3 aliphatic rings. The Morgan fingerprint density at radius 3 is 2.45 bits per heavy atom. The Morgan fingerprint density at radius 2 is 1.76 bits per heavy atom. The quantitative estimate of drug-likeness (QED) is 0.711. The highest BCUT2D eigenvalue weighted by Crippen LogP contribution is 2.39. The van der Waals surface area contributed by atoms with Crippen molar-refractivity contribution < 1.29 is 22.7 Å². The fraction of sp³-hybridized carbons (Fsp3) is 0.391. The maximum Gasteiger partial charge on any atom is 0.243 e. The number of amidine groups is 1. The summed E-state index contributed by atoms with van der Waals surface area (Å²) in [7, 11) is -3.74. The zero-order chi connectivity index (χ0) is 22.9. The molecule has 1 amide bonds. The molecular weight excluding hydrogens is 462 g/mol. The van der Waals surface area contributed by atoms with E-state index in [0.29, 0.717) is 49.3 Å². The molecule has 2 aromatic rings. The van der Waals surface area contributed by atoms with Gasteiger partial charge in [-0.1, -0.05) is 42.1 Å². The Kier molecular flexibility index (Phi) is 6.07. The molecule has 0 radical (unpaired) electrons. The number of fused-ring (bicyclic) bond motifs is 1. The van der Waals surface area contributed by atoms with Crippen LogP contribution in [0.5, 0.6) is 11.5 Å². The average molecular weight is 488 g/mol. The van der Waals surface area contributed by atoms with Crippen molar-refractivity contribution in [1.82, 2.24) is 9.62 Å². The third kappa shape index (κ3) is 4.22. The molecule has 10 heteroatoms. The van der Waals surface area contributed by atoms with E-state index in [2.05, 4.69) is 10.3 Å². The van der Waals surface area contributed by atoms with E-state index in [4.69, 9.17) is 9.47 Å². The van der Waals surface area contributed by atoms with Crippen LogP contribution >= 0.6 is 11.8 Å². The molecule has 2 aromatic carbocycles. The lowest BCUT2D eigenvalue weighted by Crippen LogP contribution is -2.53. The van der Waals surface area contributed by atoms with Crippen molar-refractivity contribution in [3.05, 3.63) is 54.1 Å². The monoisotopic (exact) mass is 487 g/mol. The van der Waals surface area contributed by atoms with Gasteiger partial charge in [0.1, 0.15) is 13.2 Å². The van der Waals surface area contributed by atoms with E-state index < -0.39 is 15.4 Å². The Bertz CT molecular complexity index is 1180.